The van der Waals surface area contributed by atoms with Crippen molar-refractivity contribution in [1.82, 2.24) is 0 Å². The molecule has 0 saturated heterocycles. The molecule has 0 N–H and O–H groups in total. The van der Waals surface area contributed by atoms with Crippen LogP contribution in [0, 0.1) is 0 Å². The fraction of sp³-hybridized carbons (Fsp3) is 0.241. The van der Waals surface area contributed by atoms with Crippen LogP contribution in [0.5, 0.6) is 11.5 Å². The predicted molar refractivity (Wildman–Crippen MR) is 162 cm³/mol. The average Bonchev–Trinajstić information content (AvgIpc) is 3.40. The summed E-state index contributed by atoms with van der Waals surface area (Å²) < 4.78 is 21.1. The number of fused-ring (bicyclic) bond motifs is 1. The molecule has 40 heavy (non-hydrogen) atoms. The van der Waals surface area contributed by atoms with Gasteiger partial charge in [-0.1, -0.05) is 60.0 Å². The predicted octanol–water partition coefficient (Wildman–Crippen LogP) is 5.62. The molecule has 2 aromatic rings. The van der Waals surface area contributed by atoms with E-state index in [1.165, 1.54) is 20.3 Å². The molecule has 0 bridgehead atoms. The molecule has 0 spiro atoms. The third-order valence-electron chi connectivity index (χ3n) is 6.34. The van der Waals surface area contributed by atoms with Crippen molar-refractivity contribution in [2.24, 2.45) is 0 Å². The van der Waals surface area contributed by atoms with Crippen LogP contribution >= 0.6 is 35.7 Å². The van der Waals surface area contributed by atoms with Crippen molar-refractivity contribution in [1.29, 1.82) is 0 Å². The van der Waals surface area contributed by atoms with Crippen LogP contribution in [0.1, 0.15) is 25.0 Å². The summed E-state index contributed by atoms with van der Waals surface area (Å²) >= 11 is 8.22. The summed E-state index contributed by atoms with van der Waals surface area (Å²) in [6, 6.07) is 12.8. The molecule has 1 amide bonds. The number of anilines is 1. The second kappa shape index (κ2) is 11.9. The van der Waals surface area contributed by atoms with Crippen LogP contribution in [0.3, 0.4) is 0 Å². The molecule has 2 heterocycles. The highest BCUT2D eigenvalue weighted by molar-refractivity contribution is 8.29. The van der Waals surface area contributed by atoms with Crippen LogP contribution < -0.4 is 14.4 Å². The molecule has 2 aliphatic heterocycles. The van der Waals surface area contributed by atoms with Gasteiger partial charge in [-0.2, -0.15) is 0 Å². The SMILES string of the molecule is COC(=O)C1=C(C(=O)OC)SC(=C2C(=S)C(C)(C)N(C(=O)C=Cc3ccc(OC)c(OC)c3)c3ccccc32)S1. The summed E-state index contributed by atoms with van der Waals surface area (Å²) in [6.45, 7) is 3.74. The summed E-state index contributed by atoms with van der Waals surface area (Å²) in [5.41, 5.74) is 1.88. The third-order valence-corrected chi connectivity index (χ3v) is 9.61. The fourth-order valence-electron chi connectivity index (χ4n) is 4.36. The van der Waals surface area contributed by atoms with Crippen molar-refractivity contribution in [2.75, 3.05) is 33.3 Å². The molecular formula is C29H27NO7S3. The second-order valence-electron chi connectivity index (χ2n) is 9.03. The summed E-state index contributed by atoms with van der Waals surface area (Å²) in [5, 5.41) is 0. The number of para-hydroxylation sites is 1. The molecule has 0 saturated carbocycles. The van der Waals surface area contributed by atoms with E-state index in [9.17, 15) is 14.4 Å². The third kappa shape index (κ3) is 5.28. The number of ether oxygens (including phenoxy) is 4. The zero-order valence-electron chi connectivity index (χ0n) is 22.7. The van der Waals surface area contributed by atoms with Crippen LogP contribution in [0.15, 0.2) is 62.6 Å². The summed E-state index contributed by atoms with van der Waals surface area (Å²) in [6.07, 6.45) is 3.20. The van der Waals surface area contributed by atoms with Crippen LogP contribution in [0.25, 0.3) is 11.6 Å². The van der Waals surface area contributed by atoms with Crippen LogP contribution in [-0.2, 0) is 23.9 Å². The summed E-state index contributed by atoms with van der Waals surface area (Å²) in [7, 11) is 5.62. The Balaban J connectivity index is 1.77. The van der Waals surface area contributed by atoms with E-state index in [2.05, 4.69) is 0 Å². The number of thioether (sulfide) groups is 2. The van der Waals surface area contributed by atoms with Crippen molar-refractivity contribution in [3.63, 3.8) is 0 Å². The Morgan fingerprint density at radius 3 is 2.05 bits per heavy atom. The van der Waals surface area contributed by atoms with E-state index in [0.717, 1.165) is 29.1 Å². The van der Waals surface area contributed by atoms with E-state index in [-0.39, 0.29) is 15.7 Å². The van der Waals surface area contributed by atoms with Gasteiger partial charge in [-0.3, -0.25) is 9.69 Å². The van der Waals surface area contributed by atoms with Gasteiger partial charge in [-0.15, -0.1) is 0 Å². The van der Waals surface area contributed by atoms with E-state index < -0.39 is 17.5 Å². The van der Waals surface area contributed by atoms with Gasteiger partial charge in [0.1, 0.15) is 9.81 Å². The Labute approximate surface area is 246 Å². The molecule has 11 heteroatoms. The Morgan fingerprint density at radius 1 is 0.875 bits per heavy atom. The monoisotopic (exact) mass is 597 g/mol. The Hall–Kier alpha value is -3.54. The maximum absolute atomic E-state index is 13.7. The van der Waals surface area contributed by atoms with Crippen LogP contribution in [0.2, 0.25) is 0 Å². The van der Waals surface area contributed by atoms with Gasteiger partial charge in [-0.25, -0.2) is 9.59 Å². The van der Waals surface area contributed by atoms with E-state index in [1.807, 2.05) is 44.2 Å². The van der Waals surface area contributed by atoms with Crippen molar-refractivity contribution in [3.05, 3.63) is 73.7 Å². The molecule has 2 aromatic carbocycles. The number of rotatable bonds is 6. The lowest BCUT2D eigenvalue weighted by atomic mass is 9.83. The van der Waals surface area contributed by atoms with Gasteiger partial charge >= 0.3 is 11.9 Å². The molecule has 0 aliphatic carbocycles. The largest absolute Gasteiger partial charge is 0.493 e. The lowest BCUT2D eigenvalue weighted by Gasteiger charge is -2.44. The average molecular weight is 598 g/mol. The van der Waals surface area contributed by atoms with Crippen LogP contribution in [0.4, 0.5) is 5.69 Å². The first-order valence-corrected chi connectivity index (χ1v) is 14.0. The number of amides is 1. The maximum atomic E-state index is 13.7. The lowest BCUT2D eigenvalue weighted by Crippen LogP contribution is -2.55. The molecule has 0 fully saturated rings. The van der Waals surface area contributed by atoms with Gasteiger partial charge in [-0.05, 0) is 43.7 Å². The van der Waals surface area contributed by atoms with Crippen LogP contribution in [-0.4, -0.2) is 56.7 Å². The number of thiocarbonyl (C=S) groups is 1. The van der Waals surface area contributed by atoms with Crippen molar-refractivity contribution >= 4 is 75.8 Å². The molecule has 2 aliphatic rings. The molecule has 208 valence electrons. The lowest BCUT2D eigenvalue weighted by molar-refractivity contribution is -0.138. The minimum absolute atomic E-state index is 0.135. The van der Waals surface area contributed by atoms with Gasteiger partial charge in [0.2, 0.25) is 0 Å². The Bertz CT molecular complexity index is 1480. The Kier molecular flexibility index (Phi) is 8.77. The number of hydrogen-bond donors (Lipinski definition) is 0. The summed E-state index contributed by atoms with van der Waals surface area (Å²) in [5.74, 6) is -0.407. The first-order chi connectivity index (χ1) is 19.1. The molecule has 4 rings (SSSR count). The normalized spacial score (nSPS) is 16.2. The van der Waals surface area contributed by atoms with Gasteiger partial charge in [0.05, 0.1) is 48.8 Å². The molecular weight excluding hydrogens is 571 g/mol. The summed E-state index contributed by atoms with van der Waals surface area (Å²) in [4.78, 5) is 41.1. The number of benzene rings is 2. The van der Waals surface area contributed by atoms with Gasteiger partial charge < -0.3 is 18.9 Å². The second-order valence-corrected chi connectivity index (χ2v) is 11.7. The highest BCUT2D eigenvalue weighted by atomic mass is 32.2. The first kappa shape index (κ1) is 29.4. The van der Waals surface area contributed by atoms with Gasteiger partial charge in [0.15, 0.2) is 11.5 Å². The Morgan fingerprint density at radius 2 is 1.48 bits per heavy atom. The number of carbonyl (C=O) groups excluding carboxylic acids is 3. The van der Waals surface area contributed by atoms with Crippen molar-refractivity contribution < 1.29 is 33.3 Å². The molecule has 0 aromatic heterocycles. The zero-order valence-corrected chi connectivity index (χ0v) is 25.2. The molecule has 8 nitrogen and oxygen atoms in total. The minimum Gasteiger partial charge on any atom is -0.493 e. The smallest absolute Gasteiger partial charge is 0.346 e. The number of nitrogens with zero attached hydrogens (tertiary/aromatic N) is 1. The van der Waals surface area contributed by atoms with E-state index >= 15 is 0 Å². The minimum atomic E-state index is -0.925. The van der Waals surface area contributed by atoms with E-state index in [0.29, 0.717) is 37.4 Å². The number of carbonyl (C=O) groups is 3. The van der Waals surface area contributed by atoms with E-state index in [4.69, 9.17) is 31.2 Å². The molecule has 0 atom stereocenters. The van der Waals surface area contributed by atoms with Crippen molar-refractivity contribution in [3.8, 4) is 11.5 Å². The van der Waals surface area contributed by atoms with Gasteiger partial charge in [0.25, 0.3) is 5.91 Å². The molecule has 0 radical (unpaired) electrons. The van der Waals surface area contributed by atoms with Crippen molar-refractivity contribution in [2.45, 2.75) is 19.4 Å². The highest BCUT2D eigenvalue weighted by Crippen LogP contribution is 2.56. The van der Waals surface area contributed by atoms with E-state index in [1.54, 1.807) is 37.3 Å². The number of esters is 2. The highest BCUT2D eigenvalue weighted by Gasteiger charge is 2.45. The zero-order chi connectivity index (χ0) is 29.2. The number of hydrogen-bond acceptors (Lipinski definition) is 10. The van der Waals surface area contributed by atoms with Gasteiger partial charge in [0, 0.05) is 17.2 Å². The standard InChI is InChI=1S/C29H27NO7S3/c1-29(2)25(38)22(28-39-23(26(32)36-5)24(40-28)27(33)37-6)17-9-7-8-10-18(17)30(29)21(31)14-12-16-11-13-19(34-3)20(15-16)35-4/h7-15H,1-6H3. The first-order valence-electron chi connectivity index (χ1n) is 12.0. The fourth-order valence-corrected chi connectivity index (χ4v) is 7.39. The number of methoxy groups -OCH3 is 4. The quantitative estimate of drug-likeness (QED) is 0.237. The maximum Gasteiger partial charge on any atom is 0.346 e. The molecule has 0 unspecified atom stereocenters. The topological polar surface area (TPSA) is 91.4 Å².